The number of carbonyl (C=O) groups is 1. The van der Waals surface area contributed by atoms with Crippen molar-refractivity contribution in [1.29, 1.82) is 0 Å². The van der Waals surface area contributed by atoms with Gasteiger partial charge in [0.1, 0.15) is 18.2 Å². The van der Waals surface area contributed by atoms with E-state index in [4.69, 9.17) is 4.74 Å². The average Bonchev–Trinajstić information content (AvgIpc) is 2.70. The van der Waals surface area contributed by atoms with Crippen molar-refractivity contribution in [3.63, 3.8) is 0 Å². The number of thiol groups is 1. The Kier molecular flexibility index (Phi) is 4.25. The van der Waals surface area contributed by atoms with Gasteiger partial charge in [-0.25, -0.2) is 4.39 Å². The summed E-state index contributed by atoms with van der Waals surface area (Å²) in [7, 11) is 0. The minimum atomic E-state index is -0.274. The predicted molar refractivity (Wildman–Crippen MR) is 69.7 cm³/mol. The first-order chi connectivity index (χ1) is 8.69. The van der Waals surface area contributed by atoms with Crippen LogP contribution >= 0.6 is 12.6 Å². The third kappa shape index (κ3) is 3.26. The van der Waals surface area contributed by atoms with Crippen LogP contribution in [-0.2, 0) is 16.1 Å². The number of halogens is 1. The molecular weight excluding hydrogens is 253 g/mol. The SMILES string of the molecule is O=C1C=C(OCc2ccc(F)cc2)[C@H](CCS)N1. The minimum absolute atomic E-state index is 0.101. The Hall–Kier alpha value is -1.49. The van der Waals surface area contributed by atoms with Gasteiger partial charge in [-0.1, -0.05) is 12.1 Å². The van der Waals surface area contributed by atoms with E-state index in [1.54, 1.807) is 12.1 Å². The number of ether oxygens (including phenoxy) is 1. The smallest absolute Gasteiger partial charge is 0.248 e. The highest BCUT2D eigenvalue weighted by atomic mass is 32.1. The van der Waals surface area contributed by atoms with Crippen LogP contribution in [0.15, 0.2) is 36.1 Å². The molecule has 1 atom stereocenters. The summed E-state index contributed by atoms with van der Waals surface area (Å²) in [5.74, 6) is 0.875. The molecular formula is C13H14FNO2S. The van der Waals surface area contributed by atoms with Crippen molar-refractivity contribution in [2.45, 2.75) is 19.1 Å². The first-order valence-corrected chi connectivity index (χ1v) is 6.32. The van der Waals surface area contributed by atoms with E-state index in [1.807, 2.05) is 0 Å². The second-order valence-corrected chi connectivity index (χ2v) is 4.48. The summed E-state index contributed by atoms with van der Waals surface area (Å²) in [5.41, 5.74) is 0.862. The summed E-state index contributed by atoms with van der Waals surface area (Å²) in [5, 5.41) is 2.78. The van der Waals surface area contributed by atoms with E-state index < -0.39 is 0 Å². The molecule has 1 N–H and O–H groups in total. The Labute approximate surface area is 110 Å². The fourth-order valence-corrected chi connectivity index (χ4v) is 2.01. The van der Waals surface area contributed by atoms with E-state index in [0.29, 0.717) is 18.1 Å². The third-order valence-electron chi connectivity index (χ3n) is 2.67. The Morgan fingerprint density at radius 2 is 2.06 bits per heavy atom. The zero-order valence-corrected chi connectivity index (χ0v) is 10.6. The molecule has 1 heterocycles. The fraction of sp³-hybridized carbons (Fsp3) is 0.308. The maximum absolute atomic E-state index is 12.7. The van der Waals surface area contributed by atoms with E-state index in [-0.39, 0.29) is 17.8 Å². The van der Waals surface area contributed by atoms with Crippen molar-refractivity contribution in [2.24, 2.45) is 0 Å². The second-order valence-electron chi connectivity index (χ2n) is 4.04. The molecule has 3 nitrogen and oxygen atoms in total. The number of amides is 1. The van der Waals surface area contributed by atoms with Crippen molar-refractivity contribution in [3.8, 4) is 0 Å². The predicted octanol–water partition coefficient (Wildman–Crippen LogP) is 2.04. The Balaban J connectivity index is 1.94. The summed E-state index contributed by atoms with van der Waals surface area (Å²) in [4.78, 5) is 11.3. The second kappa shape index (κ2) is 5.91. The molecule has 1 aliphatic rings. The number of hydrogen-bond acceptors (Lipinski definition) is 3. The highest BCUT2D eigenvalue weighted by Crippen LogP contribution is 2.17. The lowest BCUT2D eigenvalue weighted by molar-refractivity contribution is -0.116. The van der Waals surface area contributed by atoms with Crippen molar-refractivity contribution >= 4 is 18.5 Å². The lowest BCUT2D eigenvalue weighted by atomic mass is 10.2. The van der Waals surface area contributed by atoms with Gasteiger partial charge in [0.25, 0.3) is 0 Å². The van der Waals surface area contributed by atoms with Gasteiger partial charge in [-0.2, -0.15) is 12.6 Å². The lowest BCUT2D eigenvalue weighted by Gasteiger charge is -2.15. The quantitative estimate of drug-likeness (QED) is 0.801. The summed E-state index contributed by atoms with van der Waals surface area (Å²) in [6.07, 6.45) is 2.18. The molecule has 18 heavy (non-hydrogen) atoms. The van der Waals surface area contributed by atoms with Crippen LogP contribution in [0.1, 0.15) is 12.0 Å². The van der Waals surface area contributed by atoms with Crippen LogP contribution in [0.25, 0.3) is 0 Å². The standard InChI is InChI=1S/C13H14FNO2S/c14-10-3-1-9(2-4-10)8-17-12-7-13(16)15-11(12)5-6-18/h1-4,7,11,18H,5-6,8H2,(H,15,16)/t11-/m0/s1. The molecule has 5 heteroatoms. The Bertz CT molecular complexity index is 459. The van der Waals surface area contributed by atoms with Gasteiger partial charge in [-0.3, -0.25) is 4.79 Å². The van der Waals surface area contributed by atoms with Gasteiger partial charge >= 0.3 is 0 Å². The Morgan fingerprint density at radius 3 is 2.72 bits per heavy atom. The number of hydrogen-bond donors (Lipinski definition) is 2. The molecule has 0 aromatic heterocycles. The van der Waals surface area contributed by atoms with Gasteiger partial charge in [0.15, 0.2) is 0 Å². The molecule has 0 aliphatic carbocycles. The van der Waals surface area contributed by atoms with Crippen LogP contribution in [0.2, 0.25) is 0 Å². The van der Waals surface area contributed by atoms with Gasteiger partial charge in [-0.05, 0) is 29.9 Å². The fourth-order valence-electron chi connectivity index (χ4n) is 1.75. The molecule has 1 aliphatic heterocycles. The molecule has 0 bridgehead atoms. The normalized spacial score (nSPS) is 18.4. The molecule has 0 spiro atoms. The highest BCUT2D eigenvalue weighted by Gasteiger charge is 2.24. The van der Waals surface area contributed by atoms with E-state index in [9.17, 15) is 9.18 Å². The minimum Gasteiger partial charge on any atom is -0.491 e. The zero-order valence-electron chi connectivity index (χ0n) is 9.73. The molecule has 96 valence electrons. The van der Waals surface area contributed by atoms with E-state index in [2.05, 4.69) is 17.9 Å². The van der Waals surface area contributed by atoms with Crippen LogP contribution in [0, 0.1) is 5.82 Å². The largest absolute Gasteiger partial charge is 0.491 e. The van der Waals surface area contributed by atoms with Crippen LogP contribution in [0.3, 0.4) is 0 Å². The molecule has 0 fully saturated rings. The highest BCUT2D eigenvalue weighted by molar-refractivity contribution is 7.80. The van der Waals surface area contributed by atoms with Crippen molar-refractivity contribution in [3.05, 3.63) is 47.5 Å². The van der Waals surface area contributed by atoms with Crippen molar-refractivity contribution in [2.75, 3.05) is 5.75 Å². The molecule has 0 saturated heterocycles. The average molecular weight is 267 g/mol. The molecule has 0 radical (unpaired) electrons. The number of rotatable bonds is 5. The summed E-state index contributed by atoms with van der Waals surface area (Å²) >= 11 is 4.14. The molecule has 0 unspecified atom stereocenters. The van der Waals surface area contributed by atoms with E-state index in [1.165, 1.54) is 18.2 Å². The van der Waals surface area contributed by atoms with Crippen LogP contribution < -0.4 is 5.32 Å². The van der Waals surface area contributed by atoms with Gasteiger partial charge < -0.3 is 10.1 Å². The van der Waals surface area contributed by atoms with Crippen LogP contribution in [0.4, 0.5) is 4.39 Å². The summed E-state index contributed by atoms with van der Waals surface area (Å²) in [6.45, 7) is 0.324. The van der Waals surface area contributed by atoms with Crippen LogP contribution in [0.5, 0.6) is 0 Å². The maximum Gasteiger partial charge on any atom is 0.248 e. The number of carbonyl (C=O) groups excluding carboxylic acids is 1. The van der Waals surface area contributed by atoms with Gasteiger partial charge in [-0.15, -0.1) is 0 Å². The summed E-state index contributed by atoms with van der Waals surface area (Å²) < 4.78 is 18.3. The lowest BCUT2D eigenvalue weighted by Crippen LogP contribution is -2.29. The number of benzene rings is 1. The number of nitrogens with one attached hydrogen (secondary N) is 1. The third-order valence-corrected chi connectivity index (χ3v) is 2.93. The topological polar surface area (TPSA) is 38.3 Å². The molecule has 1 aromatic rings. The van der Waals surface area contributed by atoms with E-state index >= 15 is 0 Å². The first kappa shape index (κ1) is 13.0. The van der Waals surface area contributed by atoms with Gasteiger partial charge in [0.05, 0.1) is 6.04 Å². The maximum atomic E-state index is 12.7. The van der Waals surface area contributed by atoms with Gasteiger partial charge in [0, 0.05) is 6.08 Å². The van der Waals surface area contributed by atoms with Crippen LogP contribution in [-0.4, -0.2) is 17.7 Å². The zero-order chi connectivity index (χ0) is 13.0. The first-order valence-electron chi connectivity index (χ1n) is 5.69. The molecule has 1 aromatic carbocycles. The molecule has 2 rings (SSSR count). The van der Waals surface area contributed by atoms with Crippen molar-refractivity contribution < 1.29 is 13.9 Å². The van der Waals surface area contributed by atoms with E-state index in [0.717, 1.165) is 12.0 Å². The Morgan fingerprint density at radius 1 is 1.33 bits per heavy atom. The van der Waals surface area contributed by atoms with Gasteiger partial charge in [0.2, 0.25) is 5.91 Å². The monoisotopic (exact) mass is 267 g/mol. The van der Waals surface area contributed by atoms with Crippen molar-refractivity contribution in [1.82, 2.24) is 5.32 Å². The summed E-state index contributed by atoms with van der Waals surface area (Å²) in [6, 6.07) is 5.99. The molecule has 1 amide bonds. The molecule has 0 saturated carbocycles.